The number of piperidine rings is 1. The lowest BCUT2D eigenvalue weighted by atomic mass is 9.64. The molecule has 2 saturated carbocycles. The molecular formula is C20H33BrN2O2. The molecular weight excluding hydrogens is 380 g/mol. The summed E-state index contributed by atoms with van der Waals surface area (Å²) in [5.41, 5.74) is -1.43. The molecule has 3 atom stereocenters. The average molecular weight is 413 g/mol. The van der Waals surface area contributed by atoms with Crippen LogP contribution in [0.15, 0.2) is 0 Å². The number of Topliss-reactive ketones (excluding diaryl/α,β-unsaturated/α-hetero) is 1. The number of fused-ring (bicyclic) bond motifs is 2. The van der Waals surface area contributed by atoms with E-state index in [4.69, 9.17) is 0 Å². The van der Waals surface area contributed by atoms with Crippen molar-refractivity contribution in [2.24, 2.45) is 16.2 Å². The van der Waals surface area contributed by atoms with Gasteiger partial charge < -0.3 is 10.6 Å². The fourth-order valence-electron chi connectivity index (χ4n) is 6.19. The summed E-state index contributed by atoms with van der Waals surface area (Å²) in [4.78, 5) is 26.0. The Labute approximate surface area is 160 Å². The Morgan fingerprint density at radius 2 is 1.56 bits per heavy atom. The third-order valence-electron chi connectivity index (χ3n) is 7.65. The van der Waals surface area contributed by atoms with E-state index < -0.39 is 10.8 Å². The normalized spacial score (nSPS) is 41.8. The van der Waals surface area contributed by atoms with Crippen LogP contribution in [0.4, 0.5) is 0 Å². The van der Waals surface area contributed by atoms with Crippen LogP contribution in [0.2, 0.25) is 0 Å². The summed E-state index contributed by atoms with van der Waals surface area (Å²) in [7, 11) is 0. The minimum absolute atomic E-state index is 0.0175. The van der Waals surface area contributed by atoms with Crippen molar-refractivity contribution in [1.29, 1.82) is 0 Å². The number of nitrogens with one attached hydrogen (secondary N) is 2. The highest BCUT2D eigenvalue weighted by molar-refractivity contribution is 9.10. The number of amides is 1. The molecule has 142 valence electrons. The van der Waals surface area contributed by atoms with Gasteiger partial charge in [0.05, 0.1) is 10.2 Å². The zero-order valence-electron chi connectivity index (χ0n) is 16.7. The maximum absolute atomic E-state index is 13.5. The molecule has 1 amide bonds. The van der Waals surface area contributed by atoms with Crippen molar-refractivity contribution in [1.82, 2.24) is 10.6 Å². The van der Waals surface area contributed by atoms with Gasteiger partial charge in [-0.25, -0.2) is 0 Å². The quantitative estimate of drug-likeness (QED) is 0.681. The topological polar surface area (TPSA) is 58.2 Å². The van der Waals surface area contributed by atoms with Gasteiger partial charge in [0.2, 0.25) is 5.91 Å². The van der Waals surface area contributed by atoms with Crippen molar-refractivity contribution in [3.8, 4) is 0 Å². The van der Waals surface area contributed by atoms with Crippen molar-refractivity contribution in [2.45, 2.75) is 96.1 Å². The maximum Gasteiger partial charge on any atom is 0.228 e. The van der Waals surface area contributed by atoms with E-state index in [-0.39, 0.29) is 39.1 Å². The number of ketones is 1. The summed E-state index contributed by atoms with van der Waals surface area (Å²) in [6.45, 7) is 15.0. The molecule has 3 aliphatic rings. The molecule has 25 heavy (non-hydrogen) atoms. The predicted octanol–water partition coefficient (Wildman–Crippen LogP) is 3.57. The first-order chi connectivity index (χ1) is 11.2. The summed E-state index contributed by atoms with van der Waals surface area (Å²) in [5, 5.41) is 7.01. The van der Waals surface area contributed by atoms with Crippen molar-refractivity contribution < 1.29 is 9.59 Å². The first kappa shape index (κ1) is 19.3. The minimum Gasteiger partial charge on any atom is -0.353 e. The molecule has 4 nitrogen and oxygen atoms in total. The van der Waals surface area contributed by atoms with Gasteiger partial charge >= 0.3 is 0 Å². The zero-order chi connectivity index (χ0) is 19.1. The van der Waals surface area contributed by atoms with Crippen LogP contribution in [0.25, 0.3) is 0 Å². The summed E-state index contributed by atoms with van der Waals surface area (Å²) >= 11 is 3.62. The molecule has 1 saturated heterocycles. The van der Waals surface area contributed by atoms with Crippen molar-refractivity contribution in [3.05, 3.63) is 0 Å². The standard InChI is InChI=1S/C20H33BrN2O2/c1-16(2)10-12(11-17(3,4)23-16)22-15(25)20-9-8-19(7,18(20,5)6)14(24)13(20)21/h12-13,23H,8-11H2,1-7H3,(H,22,25)/t13-,19+,20-/m0/s1. The highest BCUT2D eigenvalue weighted by Crippen LogP contribution is 2.72. The van der Waals surface area contributed by atoms with Gasteiger partial charge in [-0.1, -0.05) is 36.7 Å². The van der Waals surface area contributed by atoms with E-state index in [1.165, 1.54) is 0 Å². The van der Waals surface area contributed by atoms with Gasteiger partial charge in [-0.2, -0.15) is 0 Å². The summed E-state index contributed by atoms with van der Waals surface area (Å²) < 4.78 is 0. The highest BCUT2D eigenvalue weighted by atomic mass is 79.9. The van der Waals surface area contributed by atoms with E-state index in [1.807, 2.05) is 6.92 Å². The second kappa shape index (κ2) is 5.31. The van der Waals surface area contributed by atoms with E-state index in [0.717, 1.165) is 25.7 Å². The molecule has 0 aromatic heterocycles. The number of halogens is 1. The Morgan fingerprint density at radius 1 is 1.04 bits per heavy atom. The summed E-state index contributed by atoms with van der Waals surface area (Å²) in [6.07, 6.45) is 3.38. The van der Waals surface area contributed by atoms with Gasteiger partial charge in [0.15, 0.2) is 5.78 Å². The average Bonchev–Trinajstić information content (AvgIpc) is 2.67. The molecule has 3 fully saturated rings. The Hall–Kier alpha value is -0.420. The van der Waals surface area contributed by atoms with Gasteiger partial charge in [0.25, 0.3) is 0 Å². The summed E-state index contributed by atoms with van der Waals surface area (Å²) in [6, 6.07) is 0.131. The van der Waals surface area contributed by atoms with Crippen LogP contribution in [0, 0.1) is 16.2 Å². The lowest BCUT2D eigenvalue weighted by Gasteiger charge is -2.48. The van der Waals surface area contributed by atoms with Crippen LogP contribution in [-0.4, -0.2) is 33.6 Å². The third-order valence-corrected chi connectivity index (χ3v) is 8.85. The molecule has 0 unspecified atom stereocenters. The van der Waals surface area contributed by atoms with Gasteiger partial charge in [-0.05, 0) is 58.8 Å². The first-order valence-electron chi connectivity index (χ1n) is 9.47. The van der Waals surface area contributed by atoms with Gasteiger partial charge in [0, 0.05) is 22.5 Å². The molecule has 0 spiro atoms. The van der Waals surface area contributed by atoms with Gasteiger partial charge in [-0.15, -0.1) is 0 Å². The minimum atomic E-state index is -0.641. The predicted molar refractivity (Wildman–Crippen MR) is 104 cm³/mol. The maximum atomic E-state index is 13.5. The largest absolute Gasteiger partial charge is 0.353 e. The van der Waals surface area contributed by atoms with Crippen LogP contribution in [0.1, 0.15) is 74.1 Å². The van der Waals surface area contributed by atoms with Crippen LogP contribution >= 0.6 is 15.9 Å². The van der Waals surface area contributed by atoms with E-state index >= 15 is 0 Å². The number of carbonyl (C=O) groups excluding carboxylic acids is 2. The van der Waals surface area contributed by atoms with Crippen LogP contribution in [0.3, 0.4) is 0 Å². The Balaban J connectivity index is 1.88. The van der Waals surface area contributed by atoms with Crippen molar-refractivity contribution >= 4 is 27.6 Å². The van der Waals surface area contributed by atoms with Gasteiger partial charge in [0.1, 0.15) is 0 Å². The smallest absolute Gasteiger partial charge is 0.228 e. The van der Waals surface area contributed by atoms with Crippen LogP contribution in [-0.2, 0) is 9.59 Å². The fraction of sp³-hybridized carbons (Fsp3) is 0.900. The number of hydrogen-bond donors (Lipinski definition) is 2. The zero-order valence-corrected chi connectivity index (χ0v) is 18.3. The van der Waals surface area contributed by atoms with E-state index in [0.29, 0.717) is 0 Å². The van der Waals surface area contributed by atoms with Crippen molar-refractivity contribution in [3.63, 3.8) is 0 Å². The first-order valence-corrected chi connectivity index (χ1v) is 10.4. The van der Waals surface area contributed by atoms with E-state index in [9.17, 15) is 9.59 Å². The molecule has 1 aliphatic heterocycles. The lowest BCUT2D eigenvalue weighted by Crippen LogP contribution is -2.63. The lowest BCUT2D eigenvalue weighted by molar-refractivity contribution is -0.137. The number of rotatable bonds is 2. The van der Waals surface area contributed by atoms with Crippen molar-refractivity contribution in [2.75, 3.05) is 0 Å². The summed E-state index contributed by atoms with van der Waals surface area (Å²) in [5.74, 6) is 0.261. The molecule has 0 radical (unpaired) electrons. The Bertz CT molecular complexity index is 611. The van der Waals surface area contributed by atoms with E-state index in [2.05, 4.69) is 68.1 Å². The van der Waals surface area contributed by atoms with E-state index in [1.54, 1.807) is 0 Å². The highest BCUT2D eigenvalue weighted by Gasteiger charge is 2.76. The molecule has 0 aromatic rings. The second-order valence-electron chi connectivity index (χ2n) is 10.6. The Kier molecular flexibility index (Phi) is 4.11. The Morgan fingerprint density at radius 3 is 2.00 bits per heavy atom. The fourth-order valence-corrected chi connectivity index (χ4v) is 7.71. The number of alkyl halides is 1. The number of hydrogen-bond acceptors (Lipinski definition) is 3. The molecule has 5 heteroatoms. The van der Waals surface area contributed by atoms with Crippen LogP contribution < -0.4 is 10.6 Å². The molecule has 0 aromatic carbocycles. The monoisotopic (exact) mass is 412 g/mol. The molecule has 2 bridgehead atoms. The number of carbonyl (C=O) groups is 2. The second-order valence-corrected chi connectivity index (χ2v) is 11.5. The van der Waals surface area contributed by atoms with Gasteiger partial charge in [-0.3, -0.25) is 9.59 Å². The molecule has 1 heterocycles. The molecule has 3 rings (SSSR count). The molecule has 2 N–H and O–H groups in total. The SMILES string of the molecule is CC1(C)CC(NC(=O)[C@]23CC[C@](C)(C(=O)[C@@H]2Br)C3(C)C)CC(C)(C)N1. The molecule has 2 aliphatic carbocycles. The van der Waals surface area contributed by atoms with Crippen LogP contribution in [0.5, 0.6) is 0 Å². The third kappa shape index (κ3) is 2.48.